The van der Waals surface area contributed by atoms with E-state index in [-0.39, 0.29) is 25.4 Å². The van der Waals surface area contributed by atoms with E-state index < -0.39 is 39.9 Å². The summed E-state index contributed by atoms with van der Waals surface area (Å²) in [5.41, 5.74) is 7.98. The predicted octanol–water partition coefficient (Wildman–Crippen LogP) is 2.36. The second kappa shape index (κ2) is 12.5. The van der Waals surface area contributed by atoms with E-state index in [1.807, 2.05) is 30.3 Å². The molecule has 1 aliphatic carbocycles. The molecule has 4 rings (SSSR count). The van der Waals surface area contributed by atoms with Crippen LogP contribution in [0, 0.1) is 23.6 Å². The van der Waals surface area contributed by atoms with Gasteiger partial charge >= 0.3 is 0 Å². The number of carbonyl (C=O) groups excluding carboxylic acids is 2. The van der Waals surface area contributed by atoms with Gasteiger partial charge in [0.2, 0.25) is 11.8 Å². The van der Waals surface area contributed by atoms with Crippen LogP contribution in [-0.2, 0) is 26.2 Å². The zero-order valence-corrected chi connectivity index (χ0v) is 23.2. The highest BCUT2D eigenvalue weighted by atomic mass is 32.2. The second-order valence-electron chi connectivity index (χ2n) is 10.8. The molecule has 2 aromatic carbocycles. The average molecular weight is 560 g/mol. The predicted molar refractivity (Wildman–Crippen MR) is 148 cm³/mol. The molecule has 0 spiro atoms. The van der Waals surface area contributed by atoms with Gasteiger partial charge in [0.05, 0.1) is 6.54 Å². The minimum Gasteiger partial charge on any atom is -0.350 e. The molecule has 0 radical (unpaired) electrons. The van der Waals surface area contributed by atoms with Gasteiger partial charge in [0.25, 0.3) is 10.2 Å². The number of hydrogen-bond acceptors (Lipinski definition) is 5. The van der Waals surface area contributed by atoms with E-state index in [9.17, 15) is 22.4 Å². The maximum atomic E-state index is 13.2. The van der Waals surface area contributed by atoms with Gasteiger partial charge in [0.15, 0.2) is 0 Å². The molecular weight excluding hydrogens is 521 g/mol. The van der Waals surface area contributed by atoms with Crippen molar-refractivity contribution >= 4 is 27.7 Å². The van der Waals surface area contributed by atoms with E-state index in [1.54, 1.807) is 6.92 Å². The molecule has 39 heavy (non-hydrogen) atoms. The van der Waals surface area contributed by atoms with Crippen molar-refractivity contribution in [3.63, 3.8) is 0 Å². The van der Waals surface area contributed by atoms with Gasteiger partial charge in [0, 0.05) is 43.3 Å². The molecule has 2 unspecified atom stereocenters. The number of carbonyl (C=O) groups is 2. The number of nitrogens with one attached hydrogen (secondary N) is 2. The van der Waals surface area contributed by atoms with Crippen molar-refractivity contribution in [2.24, 2.45) is 23.5 Å². The molecule has 1 aliphatic heterocycles. The van der Waals surface area contributed by atoms with Crippen molar-refractivity contribution < 1.29 is 22.4 Å². The summed E-state index contributed by atoms with van der Waals surface area (Å²) < 4.78 is 41.8. The largest absolute Gasteiger partial charge is 0.350 e. The first-order chi connectivity index (χ1) is 18.5. The van der Waals surface area contributed by atoms with E-state index in [0.29, 0.717) is 37.0 Å². The molecule has 2 aliphatic rings. The summed E-state index contributed by atoms with van der Waals surface area (Å²) in [5, 5.41) is 5.70. The monoisotopic (exact) mass is 559 g/mol. The minimum absolute atomic E-state index is 0.268. The summed E-state index contributed by atoms with van der Waals surface area (Å²) in [7, 11) is -3.68. The van der Waals surface area contributed by atoms with Gasteiger partial charge in [-0.05, 0) is 60.9 Å². The number of amides is 2. The van der Waals surface area contributed by atoms with Gasteiger partial charge in [-0.2, -0.15) is 17.0 Å². The van der Waals surface area contributed by atoms with Crippen LogP contribution in [-0.4, -0.2) is 67.1 Å². The van der Waals surface area contributed by atoms with Crippen LogP contribution in [0.3, 0.4) is 0 Å². The second-order valence-corrected chi connectivity index (χ2v) is 12.8. The standard InChI is InChI=1S/C28H38FN5O4S/c1-19-14-22(19)17-33-12-13-34(39(33,37)38)18-27(35)32-26(16-21-6-4-3-5-7-21)25(30)15-20(2)28(36)31-24-10-8-23(29)9-11-24/h3-11,19-20,22,25-26H,12-18,30H2,1-2H3,(H,31,36)(H,32,35)/t19?,20-,22?,25+,26+/m1/s1. The Balaban J connectivity index is 1.37. The van der Waals surface area contributed by atoms with E-state index in [2.05, 4.69) is 17.6 Å². The molecule has 0 aromatic heterocycles. The third kappa shape index (κ3) is 7.84. The van der Waals surface area contributed by atoms with Crippen LogP contribution < -0.4 is 16.4 Å². The number of benzene rings is 2. The van der Waals surface area contributed by atoms with Gasteiger partial charge < -0.3 is 16.4 Å². The van der Waals surface area contributed by atoms with Gasteiger partial charge in [0.1, 0.15) is 5.82 Å². The molecule has 2 amide bonds. The van der Waals surface area contributed by atoms with Crippen molar-refractivity contribution in [1.82, 2.24) is 13.9 Å². The summed E-state index contributed by atoms with van der Waals surface area (Å²) in [5.74, 6) is -0.649. The fraction of sp³-hybridized carbons (Fsp3) is 0.500. The molecule has 1 saturated heterocycles. The Labute approximate surface area is 230 Å². The molecule has 1 heterocycles. The summed E-state index contributed by atoms with van der Waals surface area (Å²) in [6.07, 6.45) is 1.74. The highest BCUT2D eigenvalue weighted by Crippen LogP contribution is 2.39. The summed E-state index contributed by atoms with van der Waals surface area (Å²) >= 11 is 0. The lowest BCUT2D eigenvalue weighted by Crippen LogP contribution is -2.52. The smallest absolute Gasteiger partial charge is 0.282 e. The van der Waals surface area contributed by atoms with Gasteiger partial charge in [-0.3, -0.25) is 9.59 Å². The highest BCUT2D eigenvalue weighted by Gasteiger charge is 2.43. The van der Waals surface area contributed by atoms with Crippen LogP contribution in [0.15, 0.2) is 54.6 Å². The van der Waals surface area contributed by atoms with Crippen LogP contribution in [0.1, 0.15) is 32.3 Å². The lowest BCUT2D eigenvalue weighted by Gasteiger charge is -2.28. The summed E-state index contributed by atoms with van der Waals surface area (Å²) in [6, 6.07) is 13.9. The van der Waals surface area contributed by atoms with Crippen molar-refractivity contribution in [1.29, 1.82) is 0 Å². The van der Waals surface area contributed by atoms with Crippen LogP contribution >= 0.6 is 0 Å². The maximum absolute atomic E-state index is 13.2. The molecule has 212 valence electrons. The summed E-state index contributed by atoms with van der Waals surface area (Å²) in [6.45, 7) is 4.73. The molecule has 2 fully saturated rings. The Morgan fingerprint density at radius 2 is 1.72 bits per heavy atom. The van der Waals surface area contributed by atoms with E-state index in [0.717, 1.165) is 12.0 Å². The molecule has 11 heteroatoms. The molecule has 2 aromatic rings. The van der Waals surface area contributed by atoms with Crippen LogP contribution in [0.2, 0.25) is 0 Å². The van der Waals surface area contributed by atoms with Gasteiger partial charge in [-0.1, -0.05) is 44.2 Å². The maximum Gasteiger partial charge on any atom is 0.282 e. The number of nitrogens with zero attached hydrogens (tertiary/aromatic N) is 2. The third-order valence-electron chi connectivity index (χ3n) is 7.63. The zero-order valence-electron chi connectivity index (χ0n) is 22.4. The first kappa shape index (κ1) is 29.1. The number of hydrogen-bond donors (Lipinski definition) is 3. The lowest BCUT2D eigenvalue weighted by atomic mass is 9.92. The molecular formula is C28H38FN5O4S. The average Bonchev–Trinajstić information content (AvgIpc) is 3.53. The van der Waals surface area contributed by atoms with E-state index in [1.165, 1.54) is 32.9 Å². The van der Waals surface area contributed by atoms with Crippen molar-refractivity contribution in [3.8, 4) is 0 Å². The first-order valence-electron chi connectivity index (χ1n) is 13.4. The van der Waals surface area contributed by atoms with Crippen LogP contribution in [0.25, 0.3) is 0 Å². The fourth-order valence-corrected chi connectivity index (χ4v) is 6.56. The number of anilines is 1. The first-order valence-corrected chi connectivity index (χ1v) is 14.8. The Kier molecular flexibility index (Phi) is 9.37. The van der Waals surface area contributed by atoms with Gasteiger partial charge in [-0.25, -0.2) is 4.39 Å². The quantitative estimate of drug-likeness (QED) is 0.368. The zero-order chi connectivity index (χ0) is 28.2. The Bertz CT molecular complexity index is 1240. The number of halogens is 1. The van der Waals surface area contributed by atoms with Gasteiger partial charge in [-0.15, -0.1) is 0 Å². The number of rotatable bonds is 12. The molecule has 1 saturated carbocycles. The summed E-state index contributed by atoms with van der Waals surface area (Å²) in [4.78, 5) is 25.8. The normalized spacial score (nSPS) is 23.1. The van der Waals surface area contributed by atoms with Crippen LogP contribution in [0.4, 0.5) is 10.1 Å². The topological polar surface area (TPSA) is 125 Å². The van der Waals surface area contributed by atoms with Crippen molar-refractivity contribution in [2.75, 3.05) is 31.5 Å². The fourth-order valence-electron chi connectivity index (χ4n) is 4.95. The lowest BCUT2D eigenvalue weighted by molar-refractivity contribution is -0.122. The number of nitrogens with two attached hydrogens (primary N) is 1. The SMILES string of the molecule is CC1CC1CN1CCN(CC(=O)N[C@@H](Cc2ccccc2)[C@@H](N)C[C@@H](C)C(=O)Nc2ccc(F)cc2)S1(=O)=O. The van der Waals surface area contributed by atoms with E-state index in [4.69, 9.17) is 5.73 Å². The Hall–Kier alpha value is -2.86. The third-order valence-corrected chi connectivity index (χ3v) is 9.58. The van der Waals surface area contributed by atoms with Crippen molar-refractivity contribution in [2.45, 2.75) is 45.2 Å². The highest BCUT2D eigenvalue weighted by molar-refractivity contribution is 7.87. The molecule has 5 atom stereocenters. The van der Waals surface area contributed by atoms with Crippen molar-refractivity contribution in [3.05, 3.63) is 66.0 Å². The minimum atomic E-state index is -3.68. The molecule has 4 N–H and O–H groups in total. The Morgan fingerprint density at radius 1 is 1.08 bits per heavy atom. The van der Waals surface area contributed by atoms with E-state index >= 15 is 0 Å². The Morgan fingerprint density at radius 3 is 2.36 bits per heavy atom. The molecule has 0 bridgehead atoms. The molecule has 9 nitrogen and oxygen atoms in total. The van der Waals surface area contributed by atoms with Crippen LogP contribution in [0.5, 0.6) is 0 Å².